The number of nitrogens with zero attached hydrogens (tertiary/aromatic N) is 1. The summed E-state index contributed by atoms with van der Waals surface area (Å²) < 4.78 is 6.07. The van der Waals surface area contributed by atoms with Gasteiger partial charge in [-0.25, -0.2) is 4.99 Å². The van der Waals surface area contributed by atoms with Gasteiger partial charge < -0.3 is 20.6 Å². The van der Waals surface area contributed by atoms with Crippen LogP contribution in [-0.4, -0.2) is 17.7 Å². The van der Waals surface area contributed by atoms with Crippen molar-refractivity contribution in [3.8, 4) is 0 Å². The van der Waals surface area contributed by atoms with E-state index in [1.807, 2.05) is 48.5 Å². The summed E-state index contributed by atoms with van der Waals surface area (Å²) >= 11 is 24.7. The Morgan fingerprint density at radius 1 is 0.971 bits per heavy atom. The zero-order valence-electron chi connectivity index (χ0n) is 18.2. The fraction of sp³-hybridized carbons (Fsp3) is 0.160. The van der Waals surface area contributed by atoms with Crippen LogP contribution >= 0.6 is 46.4 Å². The second kappa shape index (κ2) is 12.3. The Kier molecular flexibility index (Phi) is 9.51. The molecule has 178 valence electrons. The van der Waals surface area contributed by atoms with Gasteiger partial charge in [-0.2, -0.15) is 0 Å². The van der Waals surface area contributed by atoms with Crippen molar-refractivity contribution >= 4 is 63.3 Å². The van der Waals surface area contributed by atoms with Gasteiger partial charge in [0, 0.05) is 32.1 Å². The van der Waals surface area contributed by atoms with Crippen molar-refractivity contribution < 1.29 is 9.52 Å². The lowest BCUT2D eigenvalue weighted by atomic mass is 10.0. The molecule has 1 aromatic heterocycles. The Balaban J connectivity index is 0.00000103. The van der Waals surface area contributed by atoms with E-state index in [2.05, 4.69) is 10.3 Å². The molecular formula is C25H23Cl4N3O2. The topological polar surface area (TPSA) is 83.8 Å². The van der Waals surface area contributed by atoms with Gasteiger partial charge in [0.1, 0.15) is 17.4 Å². The minimum absolute atomic E-state index is 0.215. The summed E-state index contributed by atoms with van der Waals surface area (Å²) in [4.78, 5) is 4.42. The summed E-state index contributed by atoms with van der Waals surface area (Å²) in [5.74, 6) is 0.870. The van der Waals surface area contributed by atoms with Crippen molar-refractivity contribution in [2.45, 2.75) is 19.5 Å². The Morgan fingerprint density at radius 3 is 2.29 bits per heavy atom. The first kappa shape index (κ1) is 26.2. The number of aliphatic imine (C=N–C) groups is 1. The van der Waals surface area contributed by atoms with Crippen molar-refractivity contribution in [3.63, 3.8) is 0 Å². The number of benzene rings is 3. The molecule has 0 saturated carbocycles. The molecule has 0 radical (unpaired) electrons. The number of aliphatic hydroxyl groups excluding tert-OH is 1. The van der Waals surface area contributed by atoms with Crippen molar-refractivity contribution in [1.29, 1.82) is 0 Å². The number of para-hydroxylation sites is 1. The van der Waals surface area contributed by atoms with E-state index >= 15 is 0 Å². The number of hydrogen-bond donors (Lipinski definition) is 3. The largest absolute Gasteiger partial charge is 0.459 e. The van der Waals surface area contributed by atoms with Crippen molar-refractivity contribution in [2.24, 2.45) is 10.7 Å². The molecule has 0 fully saturated rings. The molecule has 1 unspecified atom stereocenters. The molecule has 0 saturated heterocycles. The second-order valence-electron chi connectivity index (χ2n) is 7.22. The van der Waals surface area contributed by atoms with Crippen LogP contribution in [0.2, 0.25) is 20.1 Å². The number of nitrogens with one attached hydrogen (secondary N) is 1. The van der Waals surface area contributed by atoms with Crippen molar-refractivity contribution in [2.75, 3.05) is 6.61 Å². The minimum Gasteiger partial charge on any atom is -0.459 e. The van der Waals surface area contributed by atoms with E-state index in [0.717, 1.165) is 22.1 Å². The molecule has 5 nitrogen and oxygen atoms in total. The average Bonchev–Trinajstić information content (AvgIpc) is 3.20. The predicted molar refractivity (Wildman–Crippen MR) is 142 cm³/mol. The zero-order valence-corrected chi connectivity index (χ0v) is 21.3. The fourth-order valence-electron chi connectivity index (χ4n) is 3.22. The van der Waals surface area contributed by atoms with E-state index in [1.165, 1.54) is 0 Å². The Labute approximate surface area is 218 Å². The highest BCUT2D eigenvalue weighted by molar-refractivity contribution is 6.35. The third kappa shape index (κ3) is 7.05. The van der Waals surface area contributed by atoms with E-state index in [9.17, 15) is 0 Å². The van der Waals surface area contributed by atoms with Gasteiger partial charge in [0.05, 0.1) is 6.54 Å². The van der Waals surface area contributed by atoms with E-state index in [-0.39, 0.29) is 19.1 Å². The van der Waals surface area contributed by atoms with Gasteiger partial charge in [0.25, 0.3) is 0 Å². The van der Waals surface area contributed by atoms with Gasteiger partial charge >= 0.3 is 0 Å². The molecule has 34 heavy (non-hydrogen) atoms. The van der Waals surface area contributed by atoms with E-state index in [4.69, 9.17) is 61.7 Å². The van der Waals surface area contributed by atoms with Crippen LogP contribution in [0.5, 0.6) is 0 Å². The molecule has 4 rings (SSSR count). The number of nitrogens with two attached hydrogens (primary N) is 1. The molecule has 4 aromatic rings. The maximum absolute atomic E-state index is 7.57. The highest BCUT2D eigenvalue weighted by atomic mass is 35.5. The maximum Gasteiger partial charge on any atom is 0.189 e. The third-order valence-electron chi connectivity index (χ3n) is 4.67. The lowest BCUT2D eigenvalue weighted by molar-refractivity contribution is 0.318. The van der Waals surface area contributed by atoms with Crippen LogP contribution in [0.4, 0.5) is 0 Å². The zero-order chi connectivity index (χ0) is 24.7. The molecule has 3 aromatic carbocycles. The quantitative estimate of drug-likeness (QED) is 0.185. The summed E-state index contributed by atoms with van der Waals surface area (Å²) in [6.07, 6.45) is 0. The van der Waals surface area contributed by atoms with E-state index < -0.39 is 6.04 Å². The molecule has 0 aliphatic rings. The van der Waals surface area contributed by atoms with Crippen LogP contribution < -0.4 is 11.1 Å². The van der Waals surface area contributed by atoms with Crippen LogP contribution in [0.25, 0.3) is 11.0 Å². The van der Waals surface area contributed by atoms with Gasteiger partial charge in [0.2, 0.25) is 0 Å². The molecule has 1 heterocycles. The van der Waals surface area contributed by atoms with Crippen molar-refractivity contribution in [1.82, 2.24) is 5.32 Å². The van der Waals surface area contributed by atoms with Gasteiger partial charge in [-0.15, -0.1) is 0 Å². The molecule has 1 atom stereocenters. The van der Waals surface area contributed by atoms with Gasteiger partial charge in [-0.05, 0) is 60.5 Å². The normalized spacial score (nSPS) is 12.2. The molecule has 0 amide bonds. The predicted octanol–water partition coefficient (Wildman–Crippen LogP) is 7.24. The summed E-state index contributed by atoms with van der Waals surface area (Å²) in [5, 5.41) is 13.9. The van der Waals surface area contributed by atoms with Crippen molar-refractivity contribution in [3.05, 3.63) is 104 Å². The van der Waals surface area contributed by atoms with E-state index in [1.54, 1.807) is 25.1 Å². The van der Waals surface area contributed by atoms with Crippen LogP contribution in [0.1, 0.15) is 29.9 Å². The van der Waals surface area contributed by atoms with E-state index in [0.29, 0.717) is 25.9 Å². The van der Waals surface area contributed by atoms with Gasteiger partial charge in [0.15, 0.2) is 5.96 Å². The van der Waals surface area contributed by atoms with Gasteiger partial charge in [-0.3, -0.25) is 0 Å². The number of hydrogen-bond acceptors (Lipinski definition) is 3. The number of rotatable bonds is 5. The monoisotopic (exact) mass is 537 g/mol. The highest BCUT2D eigenvalue weighted by Crippen LogP contribution is 2.31. The highest BCUT2D eigenvalue weighted by Gasteiger charge is 2.20. The lowest BCUT2D eigenvalue weighted by Crippen LogP contribution is -2.35. The SMILES string of the molecule is CCO.NC(=NCc1ccc(Cl)cc1Cl)NC(c1cc(Cl)cc(Cl)c1)c1cc2ccccc2o1. The number of halogens is 4. The molecular weight excluding hydrogens is 516 g/mol. The number of fused-ring (bicyclic) bond motifs is 1. The Morgan fingerprint density at radius 2 is 1.65 bits per heavy atom. The van der Waals surface area contributed by atoms with Crippen LogP contribution in [0.15, 0.2) is 76.1 Å². The standard InChI is InChI=1S/C23H17Cl4N3O.C2H6O/c24-16-6-5-14(19(27)11-16)12-29-23(28)30-22(15-7-17(25)10-18(26)8-15)21-9-13-3-1-2-4-20(13)31-21;1-2-3/h1-11,22H,12H2,(H3,28,29,30);3H,2H2,1H3. The fourth-order valence-corrected chi connectivity index (χ4v) is 4.23. The Hall–Kier alpha value is -2.41. The number of aliphatic hydroxyl groups is 1. The first-order valence-corrected chi connectivity index (χ1v) is 11.9. The van der Waals surface area contributed by atoms with Crippen LogP contribution in [0.3, 0.4) is 0 Å². The van der Waals surface area contributed by atoms with Crippen LogP contribution in [0, 0.1) is 0 Å². The number of furan rings is 1. The summed E-state index contributed by atoms with van der Waals surface area (Å²) in [6, 6.07) is 19.8. The molecule has 0 aliphatic carbocycles. The molecule has 0 spiro atoms. The minimum atomic E-state index is -0.451. The molecule has 9 heteroatoms. The lowest BCUT2D eigenvalue weighted by Gasteiger charge is -2.18. The van der Waals surface area contributed by atoms with Gasteiger partial charge in [-0.1, -0.05) is 70.7 Å². The summed E-state index contributed by atoms with van der Waals surface area (Å²) in [5.41, 5.74) is 8.57. The van der Waals surface area contributed by atoms with Crippen LogP contribution in [-0.2, 0) is 6.54 Å². The summed E-state index contributed by atoms with van der Waals surface area (Å²) in [7, 11) is 0. The smallest absolute Gasteiger partial charge is 0.189 e. The maximum atomic E-state index is 7.57. The summed E-state index contributed by atoms with van der Waals surface area (Å²) in [6.45, 7) is 2.22. The third-order valence-corrected chi connectivity index (χ3v) is 5.70. The average molecular weight is 539 g/mol. The second-order valence-corrected chi connectivity index (χ2v) is 8.94. The molecule has 0 bridgehead atoms. The molecule has 4 N–H and O–H groups in total. The Bertz CT molecular complexity index is 1240. The molecule has 0 aliphatic heterocycles. The first-order chi connectivity index (χ1) is 16.3. The first-order valence-electron chi connectivity index (χ1n) is 10.4. The number of guanidine groups is 1.